The molecule has 5 N–H and O–H groups in total. The number of nitrogens with two attached hydrogens (primary N) is 1. The van der Waals surface area contributed by atoms with Crippen LogP contribution in [0.3, 0.4) is 0 Å². The molecule has 1 saturated heterocycles. The Balaban J connectivity index is 0.971. The minimum atomic E-state index is -0.657. The third kappa shape index (κ3) is 9.12. The van der Waals surface area contributed by atoms with Crippen molar-refractivity contribution in [1.82, 2.24) is 30.0 Å². The van der Waals surface area contributed by atoms with Crippen molar-refractivity contribution >= 4 is 47.1 Å². The number of primary amides is 1. The van der Waals surface area contributed by atoms with E-state index in [1.165, 1.54) is 12.1 Å². The molecular weight excluding hydrogens is 759 g/mol. The molecule has 5 aromatic rings. The zero-order chi connectivity index (χ0) is 41.8. The molecule has 0 radical (unpaired) electrons. The lowest BCUT2D eigenvalue weighted by molar-refractivity contribution is -0.125. The van der Waals surface area contributed by atoms with E-state index < -0.39 is 29.4 Å². The molecule has 16 heteroatoms. The molecule has 2 aromatic carbocycles. The summed E-state index contributed by atoms with van der Waals surface area (Å²) in [5.41, 5.74) is 12.0. The first-order valence-electron chi connectivity index (χ1n) is 19.6. The number of imide groups is 1. The maximum atomic E-state index is 15.0. The van der Waals surface area contributed by atoms with Gasteiger partial charge in [0.25, 0.3) is 11.8 Å². The fourth-order valence-electron chi connectivity index (χ4n) is 7.75. The van der Waals surface area contributed by atoms with Gasteiger partial charge >= 0.3 is 0 Å². The van der Waals surface area contributed by atoms with E-state index in [9.17, 15) is 19.2 Å². The molecule has 7 rings (SSSR count). The molecule has 4 amide bonds. The number of rotatable bonds is 13. The summed E-state index contributed by atoms with van der Waals surface area (Å²) in [6.45, 7) is 9.46. The number of aryl methyl sites for hydroxylation is 4. The molecule has 306 valence electrons. The first-order chi connectivity index (χ1) is 28.4. The monoisotopic (exact) mass is 804 g/mol. The van der Waals surface area contributed by atoms with Crippen LogP contribution in [0.25, 0.3) is 11.4 Å². The number of carbonyl (C=O) groups excluding carboxylic acids is 4. The number of amides is 4. The second-order valence-electron chi connectivity index (χ2n) is 15.0. The van der Waals surface area contributed by atoms with Gasteiger partial charge in [0, 0.05) is 68.3 Å². The Labute approximate surface area is 340 Å². The van der Waals surface area contributed by atoms with Gasteiger partial charge in [-0.25, -0.2) is 18.4 Å². The summed E-state index contributed by atoms with van der Waals surface area (Å²) in [4.78, 5) is 61.6. The highest BCUT2D eigenvalue weighted by atomic mass is 19.1. The van der Waals surface area contributed by atoms with Crippen molar-refractivity contribution in [2.75, 3.05) is 48.3 Å². The van der Waals surface area contributed by atoms with Gasteiger partial charge in [0.2, 0.25) is 12.3 Å². The average Bonchev–Trinajstić information content (AvgIpc) is 3.47. The van der Waals surface area contributed by atoms with Crippen molar-refractivity contribution in [3.05, 3.63) is 112 Å². The van der Waals surface area contributed by atoms with Crippen LogP contribution in [0.5, 0.6) is 0 Å². The molecule has 0 bridgehead atoms. The average molecular weight is 805 g/mol. The van der Waals surface area contributed by atoms with Crippen LogP contribution in [-0.2, 0) is 29.0 Å². The van der Waals surface area contributed by atoms with E-state index in [2.05, 4.69) is 36.5 Å². The van der Waals surface area contributed by atoms with Gasteiger partial charge in [0.05, 0.1) is 17.0 Å². The number of benzene rings is 2. The Kier molecular flexibility index (Phi) is 12.1. The second-order valence-corrected chi connectivity index (χ2v) is 15.0. The predicted molar refractivity (Wildman–Crippen MR) is 220 cm³/mol. The van der Waals surface area contributed by atoms with Gasteiger partial charge in [0.15, 0.2) is 0 Å². The SMILES string of the molecule is Cc1cccc(NC(=O)c2ccc(-c3nn4c(c3C(N)=O)Nc3ccc(N5CCN(CCc6cc(F)c(C(C)CCC(=O)NC=O)c(F)c6)CC5)cc3CC4)nc2C)n1. The van der Waals surface area contributed by atoms with Crippen LogP contribution in [0.1, 0.15) is 74.5 Å². The number of piperazine rings is 1. The lowest BCUT2D eigenvalue weighted by Gasteiger charge is -2.36. The van der Waals surface area contributed by atoms with Crippen LogP contribution in [0.15, 0.2) is 60.7 Å². The van der Waals surface area contributed by atoms with E-state index in [4.69, 9.17) is 10.8 Å². The van der Waals surface area contributed by atoms with Crippen molar-refractivity contribution in [1.29, 1.82) is 0 Å². The Morgan fingerprint density at radius 3 is 2.42 bits per heavy atom. The van der Waals surface area contributed by atoms with E-state index in [1.807, 2.05) is 36.5 Å². The maximum absolute atomic E-state index is 15.0. The molecule has 2 aliphatic heterocycles. The molecule has 59 heavy (non-hydrogen) atoms. The number of aromatic nitrogens is 4. The molecule has 0 spiro atoms. The first kappa shape index (κ1) is 40.6. The van der Waals surface area contributed by atoms with Gasteiger partial charge in [0.1, 0.15) is 34.5 Å². The first-order valence-corrected chi connectivity index (χ1v) is 19.6. The third-order valence-electron chi connectivity index (χ3n) is 10.9. The minimum absolute atomic E-state index is 0.00661. The zero-order valence-electron chi connectivity index (χ0n) is 33.1. The summed E-state index contributed by atoms with van der Waals surface area (Å²) >= 11 is 0. The number of nitrogens with one attached hydrogen (secondary N) is 3. The van der Waals surface area contributed by atoms with E-state index >= 15 is 8.78 Å². The Morgan fingerprint density at radius 2 is 1.73 bits per heavy atom. The Morgan fingerprint density at radius 1 is 0.966 bits per heavy atom. The Hall–Kier alpha value is -6.55. The van der Waals surface area contributed by atoms with Gasteiger partial charge in [-0.3, -0.25) is 34.4 Å². The number of hydrogen-bond donors (Lipinski definition) is 4. The molecule has 0 saturated carbocycles. The number of halogens is 2. The number of nitrogens with zero attached hydrogens (tertiary/aromatic N) is 6. The van der Waals surface area contributed by atoms with Gasteiger partial charge < -0.3 is 21.3 Å². The van der Waals surface area contributed by atoms with Crippen LogP contribution < -0.4 is 26.6 Å². The number of hydrogen-bond acceptors (Lipinski definition) is 10. The smallest absolute Gasteiger partial charge is 0.258 e. The lowest BCUT2D eigenvalue weighted by atomic mass is 9.93. The van der Waals surface area contributed by atoms with Crippen molar-refractivity contribution in [3.8, 4) is 11.4 Å². The van der Waals surface area contributed by atoms with Crippen LogP contribution in [0.4, 0.5) is 31.8 Å². The molecule has 2 aliphatic rings. The van der Waals surface area contributed by atoms with Crippen molar-refractivity contribution in [2.45, 2.75) is 58.9 Å². The normalized spacial score (nSPS) is 14.4. The van der Waals surface area contributed by atoms with Gasteiger partial charge in [-0.05, 0) is 105 Å². The van der Waals surface area contributed by atoms with Crippen LogP contribution in [0, 0.1) is 25.5 Å². The molecular formula is C43H46F2N10O4. The summed E-state index contributed by atoms with van der Waals surface area (Å²) in [5, 5.41) is 13.0. The lowest BCUT2D eigenvalue weighted by Crippen LogP contribution is -2.47. The summed E-state index contributed by atoms with van der Waals surface area (Å²) < 4.78 is 31.8. The predicted octanol–water partition coefficient (Wildman–Crippen LogP) is 5.41. The van der Waals surface area contributed by atoms with Crippen molar-refractivity contribution in [3.63, 3.8) is 0 Å². The molecule has 1 fully saturated rings. The van der Waals surface area contributed by atoms with E-state index in [0.29, 0.717) is 72.2 Å². The zero-order valence-corrected chi connectivity index (χ0v) is 33.1. The summed E-state index contributed by atoms with van der Waals surface area (Å²) in [6, 6.07) is 17.6. The minimum Gasteiger partial charge on any atom is -0.369 e. The highest BCUT2D eigenvalue weighted by Gasteiger charge is 2.28. The molecule has 3 aromatic heterocycles. The Bertz CT molecular complexity index is 2400. The number of carbonyl (C=O) groups is 4. The van der Waals surface area contributed by atoms with Crippen LogP contribution in [-0.4, -0.2) is 81.5 Å². The molecule has 1 unspecified atom stereocenters. The fourth-order valence-corrected chi connectivity index (χ4v) is 7.75. The molecule has 14 nitrogen and oxygen atoms in total. The maximum Gasteiger partial charge on any atom is 0.258 e. The van der Waals surface area contributed by atoms with E-state index in [0.717, 1.165) is 48.8 Å². The van der Waals surface area contributed by atoms with Crippen molar-refractivity contribution in [2.24, 2.45) is 5.73 Å². The van der Waals surface area contributed by atoms with Crippen LogP contribution >= 0.6 is 0 Å². The number of anilines is 4. The molecule has 1 atom stereocenters. The fraction of sp³-hybridized carbons (Fsp3) is 0.326. The highest BCUT2D eigenvalue weighted by Crippen LogP contribution is 2.36. The third-order valence-corrected chi connectivity index (χ3v) is 10.9. The van der Waals surface area contributed by atoms with Crippen molar-refractivity contribution < 1.29 is 28.0 Å². The largest absolute Gasteiger partial charge is 0.369 e. The summed E-state index contributed by atoms with van der Waals surface area (Å²) in [5.74, 6) is -2.36. The number of fused-ring (bicyclic) bond motifs is 2. The molecule has 5 heterocycles. The van der Waals surface area contributed by atoms with Gasteiger partial charge in [-0.2, -0.15) is 5.10 Å². The standard InChI is InChI=1S/C43H46F2N10O4/c1-25(7-12-37(57)47-24-56)38-32(44)21-28(22-33(38)45)13-15-53-17-19-54(20-18-53)30-8-10-34-29(23-30)14-16-55-42(50-34)39(41(46)58)40(52-55)35-11-9-31(27(3)49-35)43(59)51-36-6-4-5-26(2)48-36/h4-6,8-11,21-25,50H,7,12-20H2,1-3H3,(H2,46,58)(H,47,56,57)(H,48,51,59). The van der Waals surface area contributed by atoms with Crippen LogP contribution in [0.2, 0.25) is 0 Å². The van der Waals surface area contributed by atoms with Gasteiger partial charge in [-0.15, -0.1) is 0 Å². The molecule has 0 aliphatic carbocycles. The second kappa shape index (κ2) is 17.5. The topological polar surface area (TPSA) is 180 Å². The van der Waals surface area contributed by atoms with E-state index in [-0.39, 0.29) is 29.9 Å². The van der Waals surface area contributed by atoms with E-state index in [1.54, 1.807) is 36.7 Å². The number of pyridine rings is 2. The summed E-state index contributed by atoms with van der Waals surface area (Å²) in [6.07, 6.45) is 1.63. The highest BCUT2D eigenvalue weighted by molar-refractivity contribution is 6.06. The van der Waals surface area contributed by atoms with Gasteiger partial charge in [-0.1, -0.05) is 13.0 Å². The quantitative estimate of drug-likeness (QED) is 0.113. The summed E-state index contributed by atoms with van der Waals surface area (Å²) in [7, 11) is 0.